The van der Waals surface area contributed by atoms with E-state index in [0.29, 0.717) is 6.04 Å². The molecule has 1 aromatic rings. The van der Waals surface area contributed by atoms with Gasteiger partial charge in [-0.25, -0.2) is 0 Å². The second-order valence-electron chi connectivity index (χ2n) is 4.72. The van der Waals surface area contributed by atoms with Crippen molar-refractivity contribution in [2.45, 2.75) is 39.2 Å². The minimum Gasteiger partial charge on any atom is -0.382 e. The summed E-state index contributed by atoms with van der Waals surface area (Å²) in [6.45, 7) is 4.53. The second kappa shape index (κ2) is 4.73. The topological polar surface area (TPSA) is 12.0 Å². The van der Waals surface area contributed by atoms with E-state index in [1.165, 1.54) is 34.1 Å². The summed E-state index contributed by atoms with van der Waals surface area (Å²) in [5, 5.41) is 3.66. The molecule has 1 aromatic carbocycles. The van der Waals surface area contributed by atoms with Gasteiger partial charge in [0.15, 0.2) is 0 Å². The van der Waals surface area contributed by atoms with Gasteiger partial charge in [0.25, 0.3) is 0 Å². The number of hydrogen-bond acceptors (Lipinski definition) is 1. The number of hydrogen-bond donors (Lipinski definition) is 1. The normalized spacial score (nSPS) is 25.5. The number of anilines is 1. The lowest BCUT2D eigenvalue weighted by Gasteiger charge is -2.16. The van der Waals surface area contributed by atoms with Crippen molar-refractivity contribution >= 4 is 28.3 Å². The maximum atomic E-state index is 3.66. The van der Waals surface area contributed by atoms with Crippen LogP contribution in [-0.4, -0.2) is 6.04 Å². The molecule has 0 saturated heterocycles. The van der Waals surface area contributed by atoms with E-state index in [1.807, 2.05) is 0 Å². The van der Waals surface area contributed by atoms with Gasteiger partial charge in [0.05, 0.1) is 0 Å². The fraction of sp³-hybridized carbons (Fsp3) is 0.538. The maximum absolute atomic E-state index is 3.66. The van der Waals surface area contributed by atoms with Gasteiger partial charge in [-0.2, -0.15) is 0 Å². The first-order chi connectivity index (χ1) is 7.15. The third-order valence-electron chi connectivity index (χ3n) is 3.24. The van der Waals surface area contributed by atoms with Crippen LogP contribution in [0.25, 0.3) is 0 Å². The molecule has 0 aliphatic heterocycles. The number of halogens is 1. The zero-order chi connectivity index (χ0) is 10.8. The molecule has 1 aliphatic carbocycles. The summed E-state index contributed by atoms with van der Waals surface area (Å²) in [6.07, 6.45) is 4.03. The van der Waals surface area contributed by atoms with E-state index in [1.54, 1.807) is 0 Å². The molecule has 0 bridgehead atoms. The average Bonchev–Trinajstić information content (AvgIpc) is 2.56. The van der Waals surface area contributed by atoms with E-state index < -0.39 is 0 Å². The molecule has 2 unspecified atom stereocenters. The molecular weight excluding hydrogens is 297 g/mol. The van der Waals surface area contributed by atoms with E-state index >= 15 is 0 Å². The Hall–Kier alpha value is -0.250. The van der Waals surface area contributed by atoms with E-state index in [2.05, 4.69) is 60.0 Å². The zero-order valence-electron chi connectivity index (χ0n) is 9.39. The molecule has 1 fully saturated rings. The highest BCUT2D eigenvalue weighted by Gasteiger charge is 2.21. The Labute approximate surface area is 106 Å². The van der Waals surface area contributed by atoms with Crippen LogP contribution >= 0.6 is 22.6 Å². The van der Waals surface area contributed by atoms with E-state index in [4.69, 9.17) is 0 Å². The molecule has 2 rings (SSSR count). The summed E-state index contributed by atoms with van der Waals surface area (Å²) >= 11 is 2.36. The molecule has 0 amide bonds. The molecule has 1 nitrogen and oxygen atoms in total. The summed E-state index contributed by atoms with van der Waals surface area (Å²) in [7, 11) is 0. The van der Waals surface area contributed by atoms with Crippen LogP contribution in [0.5, 0.6) is 0 Å². The summed E-state index contributed by atoms with van der Waals surface area (Å²) in [4.78, 5) is 0. The lowest BCUT2D eigenvalue weighted by Crippen LogP contribution is -2.15. The minimum absolute atomic E-state index is 0.693. The highest BCUT2D eigenvalue weighted by atomic mass is 127. The van der Waals surface area contributed by atoms with Crippen LogP contribution in [0, 0.1) is 16.4 Å². The summed E-state index contributed by atoms with van der Waals surface area (Å²) < 4.78 is 1.32. The van der Waals surface area contributed by atoms with Gasteiger partial charge < -0.3 is 5.32 Å². The average molecular weight is 315 g/mol. The SMILES string of the molecule is Cc1cc(I)ccc1NC1CCC(C)C1. The van der Waals surface area contributed by atoms with Crippen LogP contribution in [0.3, 0.4) is 0 Å². The molecular formula is C13H18IN. The Morgan fingerprint density at radius 2 is 2.13 bits per heavy atom. The first-order valence-corrected chi connectivity index (χ1v) is 6.75. The van der Waals surface area contributed by atoms with Crippen molar-refractivity contribution in [3.8, 4) is 0 Å². The zero-order valence-corrected chi connectivity index (χ0v) is 11.5. The van der Waals surface area contributed by atoms with E-state index in [-0.39, 0.29) is 0 Å². The molecule has 2 heteroatoms. The molecule has 0 spiro atoms. The molecule has 1 aliphatic rings. The molecule has 15 heavy (non-hydrogen) atoms. The van der Waals surface area contributed by atoms with Crippen molar-refractivity contribution in [1.29, 1.82) is 0 Å². The highest BCUT2D eigenvalue weighted by molar-refractivity contribution is 14.1. The molecule has 0 aromatic heterocycles. The maximum Gasteiger partial charge on any atom is 0.0372 e. The standard InChI is InChI=1S/C13H18IN/c1-9-3-5-12(7-9)15-13-6-4-11(14)8-10(13)2/h4,6,8-9,12,15H,3,5,7H2,1-2H3. The Balaban J connectivity index is 2.04. The minimum atomic E-state index is 0.693. The van der Waals surface area contributed by atoms with E-state index in [9.17, 15) is 0 Å². The van der Waals surface area contributed by atoms with Crippen molar-refractivity contribution in [2.75, 3.05) is 5.32 Å². The van der Waals surface area contributed by atoms with Crippen LogP contribution in [0.4, 0.5) is 5.69 Å². The van der Waals surface area contributed by atoms with Gasteiger partial charge >= 0.3 is 0 Å². The van der Waals surface area contributed by atoms with Crippen molar-refractivity contribution < 1.29 is 0 Å². The molecule has 2 atom stereocenters. The van der Waals surface area contributed by atoms with Crippen molar-refractivity contribution in [3.63, 3.8) is 0 Å². The highest BCUT2D eigenvalue weighted by Crippen LogP contribution is 2.28. The van der Waals surface area contributed by atoms with Crippen molar-refractivity contribution in [3.05, 3.63) is 27.3 Å². The quantitative estimate of drug-likeness (QED) is 0.807. The van der Waals surface area contributed by atoms with Gasteiger partial charge in [0.2, 0.25) is 0 Å². The summed E-state index contributed by atoms with van der Waals surface area (Å²) in [5.74, 6) is 0.895. The van der Waals surface area contributed by atoms with Gasteiger partial charge in [0.1, 0.15) is 0 Å². The Bertz CT molecular complexity index is 348. The van der Waals surface area contributed by atoms with Gasteiger partial charge in [-0.05, 0) is 78.5 Å². The molecule has 82 valence electrons. The number of aryl methyl sites for hydroxylation is 1. The lowest BCUT2D eigenvalue weighted by atomic mass is 10.1. The van der Waals surface area contributed by atoms with Gasteiger partial charge in [-0.1, -0.05) is 6.92 Å². The fourth-order valence-corrected chi connectivity index (χ4v) is 2.99. The molecule has 0 heterocycles. The van der Waals surface area contributed by atoms with Crippen LogP contribution < -0.4 is 5.32 Å². The predicted octanol–water partition coefficient (Wildman–Crippen LogP) is 4.20. The van der Waals surface area contributed by atoms with Gasteiger partial charge in [-0.15, -0.1) is 0 Å². The van der Waals surface area contributed by atoms with Gasteiger partial charge in [0, 0.05) is 15.3 Å². The number of benzene rings is 1. The van der Waals surface area contributed by atoms with Gasteiger partial charge in [-0.3, -0.25) is 0 Å². The smallest absolute Gasteiger partial charge is 0.0372 e. The summed E-state index contributed by atoms with van der Waals surface area (Å²) in [6, 6.07) is 7.31. The van der Waals surface area contributed by atoms with E-state index in [0.717, 1.165) is 5.92 Å². The second-order valence-corrected chi connectivity index (χ2v) is 5.96. The predicted molar refractivity (Wildman–Crippen MR) is 74.3 cm³/mol. The van der Waals surface area contributed by atoms with Crippen LogP contribution in [0.1, 0.15) is 31.7 Å². The van der Waals surface area contributed by atoms with Crippen molar-refractivity contribution in [1.82, 2.24) is 0 Å². The lowest BCUT2D eigenvalue weighted by molar-refractivity contribution is 0.602. The fourth-order valence-electron chi connectivity index (χ4n) is 2.35. The van der Waals surface area contributed by atoms with Crippen molar-refractivity contribution in [2.24, 2.45) is 5.92 Å². The molecule has 0 radical (unpaired) electrons. The van der Waals surface area contributed by atoms with Crippen LogP contribution in [-0.2, 0) is 0 Å². The third-order valence-corrected chi connectivity index (χ3v) is 3.91. The number of nitrogens with one attached hydrogen (secondary N) is 1. The Morgan fingerprint density at radius 3 is 2.73 bits per heavy atom. The molecule has 1 saturated carbocycles. The first kappa shape index (κ1) is 11.2. The third kappa shape index (κ3) is 2.86. The Kier molecular flexibility index (Phi) is 3.54. The van der Waals surface area contributed by atoms with Crippen LogP contribution in [0.2, 0.25) is 0 Å². The number of rotatable bonds is 2. The monoisotopic (exact) mass is 315 g/mol. The first-order valence-electron chi connectivity index (χ1n) is 5.68. The molecule has 1 N–H and O–H groups in total. The summed E-state index contributed by atoms with van der Waals surface area (Å²) in [5.41, 5.74) is 2.68. The largest absolute Gasteiger partial charge is 0.382 e. The Morgan fingerprint density at radius 1 is 1.33 bits per heavy atom. The van der Waals surface area contributed by atoms with Crippen LogP contribution in [0.15, 0.2) is 18.2 Å².